The molecule has 1 heterocycles. The molecule has 2 N–H and O–H groups in total. The Morgan fingerprint density at radius 3 is 2.73 bits per heavy atom. The third-order valence-electron chi connectivity index (χ3n) is 4.29. The molecule has 4 heteroatoms. The van der Waals surface area contributed by atoms with E-state index in [2.05, 4.69) is 53.6 Å². The molecule has 1 aliphatic rings. The normalized spacial score (nSPS) is 14.9. The maximum atomic E-state index is 11.9. The number of amides is 1. The molecule has 0 saturated carbocycles. The van der Waals surface area contributed by atoms with E-state index in [0.29, 0.717) is 6.54 Å². The van der Waals surface area contributed by atoms with Crippen LogP contribution in [0.1, 0.15) is 37.8 Å². The van der Waals surface area contributed by atoms with Gasteiger partial charge in [-0.15, -0.1) is 0 Å². The molecule has 0 spiro atoms. The van der Waals surface area contributed by atoms with Crippen molar-refractivity contribution in [3.63, 3.8) is 0 Å². The van der Waals surface area contributed by atoms with Gasteiger partial charge in [0.2, 0.25) is 5.91 Å². The minimum atomic E-state index is 0.160. The van der Waals surface area contributed by atoms with Crippen molar-refractivity contribution in [2.45, 2.75) is 39.8 Å². The molecule has 1 fully saturated rings. The fraction of sp³-hybridized carbons (Fsp3) is 0.611. The van der Waals surface area contributed by atoms with Crippen molar-refractivity contribution < 1.29 is 4.79 Å². The minimum absolute atomic E-state index is 0.160. The lowest BCUT2D eigenvalue weighted by Crippen LogP contribution is -2.50. The van der Waals surface area contributed by atoms with E-state index in [0.717, 1.165) is 32.7 Å². The molecule has 1 aliphatic heterocycles. The van der Waals surface area contributed by atoms with Crippen LogP contribution in [0.25, 0.3) is 0 Å². The first-order valence-corrected chi connectivity index (χ1v) is 8.51. The molecule has 0 bridgehead atoms. The molecule has 0 atom stereocenters. The zero-order valence-corrected chi connectivity index (χ0v) is 13.9. The van der Waals surface area contributed by atoms with Gasteiger partial charge in [-0.25, -0.2) is 0 Å². The van der Waals surface area contributed by atoms with E-state index in [9.17, 15) is 4.79 Å². The molecular weight excluding hydrogens is 274 g/mol. The van der Waals surface area contributed by atoms with Crippen LogP contribution in [0.15, 0.2) is 24.3 Å². The minimum Gasteiger partial charge on any atom is -0.352 e. The zero-order chi connectivity index (χ0) is 15.8. The van der Waals surface area contributed by atoms with Crippen LogP contribution >= 0.6 is 0 Å². The summed E-state index contributed by atoms with van der Waals surface area (Å²) in [4.78, 5) is 14.3. The number of hydrogen-bond donors (Lipinski definition) is 2. The highest BCUT2D eigenvalue weighted by atomic mass is 16.2. The van der Waals surface area contributed by atoms with Crippen LogP contribution in [0.2, 0.25) is 0 Å². The number of carbonyl (C=O) groups excluding carboxylic acids is 1. The van der Waals surface area contributed by atoms with Crippen LogP contribution in [0, 0.1) is 5.92 Å². The molecule has 2 rings (SSSR count). The third-order valence-corrected chi connectivity index (χ3v) is 4.29. The van der Waals surface area contributed by atoms with E-state index < -0.39 is 0 Å². The molecule has 0 radical (unpaired) electrons. The van der Waals surface area contributed by atoms with E-state index in [1.165, 1.54) is 24.0 Å². The highest BCUT2D eigenvalue weighted by molar-refractivity contribution is 5.79. The van der Waals surface area contributed by atoms with Gasteiger partial charge in [-0.1, -0.05) is 44.5 Å². The zero-order valence-electron chi connectivity index (χ0n) is 13.9. The summed E-state index contributed by atoms with van der Waals surface area (Å²) in [5, 5.41) is 6.16. The molecule has 122 valence electrons. The Balaban J connectivity index is 1.84. The number of hydrogen-bond acceptors (Lipinski definition) is 3. The summed E-state index contributed by atoms with van der Waals surface area (Å²) < 4.78 is 0. The Kier molecular flexibility index (Phi) is 6.87. The molecule has 1 amide bonds. The second kappa shape index (κ2) is 8.91. The first-order valence-electron chi connectivity index (χ1n) is 8.51. The first-order chi connectivity index (χ1) is 10.7. The van der Waals surface area contributed by atoms with E-state index >= 15 is 0 Å². The molecule has 0 aliphatic carbocycles. The van der Waals surface area contributed by atoms with Gasteiger partial charge in [0.05, 0.1) is 5.92 Å². The largest absolute Gasteiger partial charge is 0.352 e. The topological polar surface area (TPSA) is 44.4 Å². The van der Waals surface area contributed by atoms with Crippen LogP contribution in [0.3, 0.4) is 0 Å². The first kappa shape index (κ1) is 17.0. The Hall–Kier alpha value is -1.39. The number of nitrogens with one attached hydrogen (secondary N) is 2. The average molecular weight is 303 g/mol. The fourth-order valence-electron chi connectivity index (χ4n) is 2.63. The Bertz CT molecular complexity index is 471. The van der Waals surface area contributed by atoms with Gasteiger partial charge in [-0.3, -0.25) is 9.69 Å². The van der Waals surface area contributed by atoms with E-state index in [1.54, 1.807) is 0 Å². The summed E-state index contributed by atoms with van der Waals surface area (Å²) in [5.41, 5.74) is 2.51. The van der Waals surface area contributed by atoms with Crippen LogP contribution < -0.4 is 10.6 Å². The van der Waals surface area contributed by atoms with E-state index in [-0.39, 0.29) is 11.8 Å². The smallest absolute Gasteiger partial charge is 0.225 e. The second-order valence-electron chi connectivity index (χ2n) is 6.12. The number of carbonyl (C=O) groups is 1. The fourth-order valence-corrected chi connectivity index (χ4v) is 2.63. The predicted molar refractivity (Wildman–Crippen MR) is 90.5 cm³/mol. The molecule has 1 aromatic rings. The second-order valence-corrected chi connectivity index (χ2v) is 6.12. The van der Waals surface area contributed by atoms with Crippen molar-refractivity contribution >= 4 is 5.91 Å². The SMILES string of the molecule is CCCCN(CC)Cc1cccc(CNC(=O)C2CNC2)c1. The van der Waals surface area contributed by atoms with Gasteiger partial charge in [0.1, 0.15) is 0 Å². The monoisotopic (exact) mass is 303 g/mol. The van der Waals surface area contributed by atoms with Crippen molar-refractivity contribution in [2.75, 3.05) is 26.2 Å². The number of rotatable bonds is 9. The molecule has 4 nitrogen and oxygen atoms in total. The van der Waals surface area contributed by atoms with Gasteiger partial charge in [-0.2, -0.15) is 0 Å². The standard InChI is InChI=1S/C18H29N3O/c1-3-5-9-21(4-2)14-16-8-6-7-15(10-16)11-20-18(22)17-12-19-13-17/h6-8,10,17,19H,3-5,9,11-14H2,1-2H3,(H,20,22). The summed E-state index contributed by atoms with van der Waals surface area (Å²) in [6, 6.07) is 8.57. The molecule has 0 unspecified atom stereocenters. The highest BCUT2D eigenvalue weighted by Crippen LogP contribution is 2.10. The Labute approximate surface area is 134 Å². The number of benzene rings is 1. The number of unbranched alkanes of at least 4 members (excludes halogenated alkanes) is 1. The van der Waals surface area contributed by atoms with Gasteiger partial charge in [0, 0.05) is 26.2 Å². The van der Waals surface area contributed by atoms with Gasteiger partial charge >= 0.3 is 0 Å². The molecule has 1 aromatic carbocycles. The summed E-state index contributed by atoms with van der Waals surface area (Å²) in [5.74, 6) is 0.329. The van der Waals surface area contributed by atoms with Crippen molar-refractivity contribution in [2.24, 2.45) is 5.92 Å². The molecule has 1 saturated heterocycles. The predicted octanol–water partition coefficient (Wildman–Crippen LogP) is 2.14. The van der Waals surface area contributed by atoms with Crippen LogP contribution in [0.5, 0.6) is 0 Å². The van der Waals surface area contributed by atoms with Crippen molar-refractivity contribution in [3.05, 3.63) is 35.4 Å². The van der Waals surface area contributed by atoms with E-state index in [4.69, 9.17) is 0 Å². The van der Waals surface area contributed by atoms with Gasteiger partial charge in [0.25, 0.3) is 0 Å². The van der Waals surface area contributed by atoms with Gasteiger partial charge in [-0.05, 0) is 30.6 Å². The van der Waals surface area contributed by atoms with Crippen LogP contribution in [-0.4, -0.2) is 37.0 Å². The summed E-state index contributed by atoms with van der Waals surface area (Å²) >= 11 is 0. The highest BCUT2D eigenvalue weighted by Gasteiger charge is 2.24. The lowest BCUT2D eigenvalue weighted by Gasteiger charge is -2.25. The summed E-state index contributed by atoms with van der Waals surface area (Å²) in [7, 11) is 0. The maximum Gasteiger partial charge on any atom is 0.225 e. The van der Waals surface area contributed by atoms with Gasteiger partial charge < -0.3 is 10.6 Å². The van der Waals surface area contributed by atoms with Gasteiger partial charge in [0.15, 0.2) is 0 Å². The molecule has 0 aromatic heterocycles. The van der Waals surface area contributed by atoms with Crippen LogP contribution in [-0.2, 0) is 17.9 Å². The number of nitrogens with zero attached hydrogens (tertiary/aromatic N) is 1. The lowest BCUT2D eigenvalue weighted by molar-refractivity contribution is -0.126. The Morgan fingerprint density at radius 2 is 2.09 bits per heavy atom. The quantitative estimate of drug-likeness (QED) is 0.735. The average Bonchev–Trinajstić information content (AvgIpc) is 2.48. The Morgan fingerprint density at radius 1 is 1.32 bits per heavy atom. The van der Waals surface area contributed by atoms with Crippen molar-refractivity contribution in [3.8, 4) is 0 Å². The molecule has 22 heavy (non-hydrogen) atoms. The lowest BCUT2D eigenvalue weighted by atomic mass is 10.0. The van der Waals surface area contributed by atoms with Crippen molar-refractivity contribution in [1.29, 1.82) is 0 Å². The van der Waals surface area contributed by atoms with E-state index in [1.807, 2.05) is 0 Å². The third kappa shape index (κ3) is 5.11. The van der Waals surface area contributed by atoms with Crippen LogP contribution in [0.4, 0.5) is 0 Å². The maximum absolute atomic E-state index is 11.9. The van der Waals surface area contributed by atoms with Crippen molar-refractivity contribution in [1.82, 2.24) is 15.5 Å². The molecular formula is C18H29N3O. The summed E-state index contributed by atoms with van der Waals surface area (Å²) in [6.45, 7) is 9.93. The summed E-state index contributed by atoms with van der Waals surface area (Å²) in [6.07, 6.45) is 2.48.